The van der Waals surface area contributed by atoms with Crippen LogP contribution in [0.4, 0.5) is 0 Å². The molecule has 0 aliphatic carbocycles. The molecule has 2 saturated heterocycles. The summed E-state index contributed by atoms with van der Waals surface area (Å²) in [4.78, 5) is 29.0. The van der Waals surface area contributed by atoms with Crippen LogP contribution in [-0.2, 0) is 4.74 Å². The molecular weight excluding hydrogens is 420 g/mol. The number of carbonyl (C=O) groups is 1. The molecular formula is C25H36N4O4. The maximum atomic E-state index is 13.3. The van der Waals surface area contributed by atoms with E-state index in [2.05, 4.69) is 15.5 Å². The first-order valence-electron chi connectivity index (χ1n) is 12.0. The van der Waals surface area contributed by atoms with Gasteiger partial charge in [-0.2, -0.15) is 0 Å². The monoisotopic (exact) mass is 456 g/mol. The second-order valence-electron chi connectivity index (χ2n) is 9.65. The maximum absolute atomic E-state index is 13.3. The molecule has 0 spiro atoms. The number of hydrogen-bond acceptors (Lipinski definition) is 6. The second-order valence-corrected chi connectivity index (χ2v) is 9.65. The highest BCUT2D eigenvalue weighted by atomic mass is 16.5. The predicted molar refractivity (Wildman–Crippen MR) is 129 cm³/mol. The molecule has 180 valence electrons. The number of aromatic hydroxyl groups is 1. The van der Waals surface area contributed by atoms with E-state index in [-0.39, 0.29) is 29.5 Å². The van der Waals surface area contributed by atoms with Crippen molar-refractivity contribution in [2.45, 2.75) is 69.8 Å². The van der Waals surface area contributed by atoms with Gasteiger partial charge in [0.2, 0.25) is 0 Å². The van der Waals surface area contributed by atoms with Gasteiger partial charge in [-0.15, -0.1) is 0 Å². The summed E-state index contributed by atoms with van der Waals surface area (Å²) < 4.78 is 7.21. The largest absolute Gasteiger partial charge is 0.506 e. The summed E-state index contributed by atoms with van der Waals surface area (Å²) in [7, 11) is 3.68. The fourth-order valence-electron chi connectivity index (χ4n) is 5.70. The summed E-state index contributed by atoms with van der Waals surface area (Å²) in [5.74, 6) is -0.721. The van der Waals surface area contributed by atoms with Crippen LogP contribution in [0.15, 0.2) is 29.1 Å². The van der Waals surface area contributed by atoms with Gasteiger partial charge in [-0.25, -0.2) is 0 Å². The molecule has 33 heavy (non-hydrogen) atoms. The molecule has 1 aromatic carbocycles. The summed E-state index contributed by atoms with van der Waals surface area (Å²) in [6.07, 6.45) is 4.02. The number of rotatable bonds is 8. The van der Waals surface area contributed by atoms with Crippen LogP contribution in [-0.4, -0.2) is 72.0 Å². The van der Waals surface area contributed by atoms with Crippen LogP contribution in [0, 0.1) is 0 Å². The molecule has 1 amide bonds. The smallest absolute Gasteiger partial charge is 0.267 e. The highest BCUT2D eigenvalue weighted by Crippen LogP contribution is 2.36. The van der Waals surface area contributed by atoms with Crippen molar-refractivity contribution in [3.63, 3.8) is 0 Å². The summed E-state index contributed by atoms with van der Waals surface area (Å²) >= 11 is 0. The number of nitrogens with zero attached hydrogens (tertiary/aromatic N) is 2. The van der Waals surface area contributed by atoms with Crippen LogP contribution >= 0.6 is 0 Å². The van der Waals surface area contributed by atoms with Crippen molar-refractivity contribution < 1.29 is 14.6 Å². The Labute approximate surface area is 194 Å². The molecule has 4 rings (SSSR count). The lowest BCUT2D eigenvalue weighted by atomic mass is 9.96. The average molecular weight is 457 g/mol. The Morgan fingerprint density at radius 1 is 1.21 bits per heavy atom. The quantitative estimate of drug-likeness (QED) is 0.564. The third-order valence-corrected chi connectivity index (χ3v) is 7.23. The summed E-state index contributed by atoms with van der Waals surface area (Å²) in [6.45, 7) is 5.48. The molecule has 2 unspecified atom stereocenters. The number of aromatic nitrogens is 1. The lowest BCUT2D eigenvalue weighted by molar-refractivity contribution is 0.0271. The zero-order valence-corrected chi connectivity index (χ0v) is 20.0. The van der Waals surface area contributed by atoms with Crippen LogP contribution in [0.2, 0.25) is 0 Å². The van der Waals surface area contributed by atoms with Gasteiger partial charge in [-0.3, -0.25) is 14.5 Å². The Hall–Kier alpha value is -2.42. The van der Waals surface area contributed by atoms with E-state index in [1.54, 1.807) is 29.9 Å². The van der Waals surface area contributed by atoms with Crippen molar-refractivity contribution in [2.24, 2.45) is 0 Å². The Bertz CT molecular complexity index is 1050. The number of pyridine rings is 1. The van der Waals surface area contributed by atoms with Crippen LogP contribution in [0.3, 0.4) is 0 Å². The Kier molecular flexibility index (Phi) is 7.07. The Balaban J connectivity index is 1.54. The van der Waals surface area contributed by atoms with Gasteiger partial charge in [0.15, 0.2) is 0 Å². The van der Waals surface area contributed by atoms with Gasteiger partial charge in [0.05, 0.1) is 11.6 Å². The molecule has 3 heterocycles. The number of likely N-dealkylation sites (N-methyl/N-ethyl adjacent to an activating group) is 1. The van der Waals surface area contributed by atoms with E-state index in [0.717, 1.165) is 38.8 Å². The summed E-state index contributed by atoms with van der Waals surface area (Å²) in [6, 6.07) is 7.79. The van der Waals surface area contributed by atoms with Gasteiger partial charge in [0.25, 0.3) is 11.5 Å². The number of amides is 1. The minimum atomic E-state index is -0.486. The Morgan fingerprint density at radius 3 is 2.48 bits per heavy atom. The van der Waals surface area contributed by atoms with E-state index in [1.807, 2.05) is 27.0 Å². The molecule has 2 bridgehead atoms. The molecule has 2 aliphatic rings. The van der Waals surface area contributed by atoms with Gasteiger partial charge in [-0.05, 0) is 58.7 Å². The number of piperidine rings is 1. The first-order valence-corrected chi connectivity index (χ1v) is 12.0. The molecule has 0 radical (unpaired) electrons. The topological polar surface area (TPSA) is 95.8 Å². The standard InChI is InChI=1S/C25H36N4O4/c1-15(2)29-21-8-6-5-7-20(21)23(30)22(25(29)32)24(31)27-16-11-17-9-10-18(12-16)28(17)14-19(33-4)13-26-3/h5-8,15-19,26,30H,9-14H2,1-4H3,(H,27,31)/t16?,17-,18+,19?. The number of nitrogens with one attached hydrogen (secondary N) is 2. The van der Waals surface area contributed by atoms with E-state index in [0.29, 0.717) is 23.0 Å². The van der Waals surface area contributed by atoms with Gasteiger partial charge < -0.3 is 25.0 Å². The molecule has 2 aromatic rings. The highest BCUT2D eigenvalue weighted by Gasteiger charge is 2.42. The molecule has 4 atom stereocenters. The number of ether oxygens (including phenoxy) is 1. The number of para-hydroxylation sites is 1. The SMILES string of the molecule is CNCC(CN1[C@@H]2CC[C@H]1CC(NC(=O)c1c(O)c3ccccc3n(C(C)C)c1=O)C2)OC. The zero-order valence-electron chi connectivity index (χ0n) is 20.0. The van der Waals surface area contributed by atoms with Gasteiger partial charge in [0, 0.05) is 49.8 Å². The van der Waals surface area contributed by atoms with Crippen molar-refractivity contribution in [2.75, 3.05) is 27.2 Å². The van der Waals surface area contributed by atoms with E-state index in [1.165, 1.54) is 0 Å². The van der Waals surface area contributed by atoms with Gasteiger partial charge in [-0.1, -0.05) is 12.1 Å². The molecule has 8 nitrogen and oxygen atoms in total. The van der Waals surface area contributed by atoms with Gasteiger partial charge in [0.1, 0.15) is 11.3 Å². The second kappa shape index (κ2) is 9.83. The van der Waals surface area contributed by atoms with Crippen LogP contribution < -0.4 is 16.2 Å². The summed E-state index contributed by atoms with van der Waals surface area (Å²) in [5.41, 5.74) is 0.0203. The first kappa shape index (κ1) is 23.7. The number of benzene rings is 1. The fraction of sp³-hybridized carbons (Fsp3) is 0.600. The molecule has 1 aromatic heterocycles. The normalized spacial score (nSPS) is 23.8. The van der Waals surface area contributed by atoms with Crippen molar-refractivity contribution in [1.82, 2.24) is 20.1 Å². The minimum absolute atomic E-state index is 0.0192. The third-order valence-electron chi connectivity index (χ3n) is 7.23. The van der Waals surface area contributed by atoms with Crippen LogP contribution in [0.1, 0.15) is 55.9 Å². The van der Waals surface area contributed by atoms with Gasteiger partial charge >= 0.3 is 0 Å². The predicted octanol–water partition coefficient (Wildman–Crippen LogP) is 2.25. The molecule has 2 fully saturated rings. The van der Waals surface area contributed by atoms with E-state index < -0.39 is 11.5 Å². The number of carbonyl (C=O) groups excluding carboxylic acids is 1. The molecule has 2 aliphatic heterocycles. The molecule has 3 N–H and O–H groups in total. The van der Waals surface area contributed by atoms with Crippen molar-refractivity contribution in [1.29, 1.82) is 0 Å². The third kappa shape index (κ3) is 4.52. The van der Waals surface area contributed by atoms with Crippen molar-refractivity contribution in [3.8, 4) is 5.75 Å². The highest BCUT2D eigenvalue weighted by molar-refractivity contribution is 6.02. The first-order chi connectivity index (χ1) is 15.8. The number of hydrogen-bond donors (Lipinski definition) is 3. The van der Waals surface area contributed by atoms with Crippen molar-refractivity contribution >= 4 is 16.8 Å². The maximum Gasteiger partial charge on any atom is 0.267 e. The minimum Gasteiger partial charge on any atom is -0.506 e. The fourth-order valence-corrected chi connectivity index (χ4v) is 5.70. The lowest BCUT2D eigenvalue weighted by Crippen LogP contribution is -2.53. The van der Waals surface area contributed by atoms with Crippen molar-refractivity contribution in [3.05, 3.63) is 40.2 Å². The number of methoxy groups -OCH3 is 1. The Morgan fingerprint density at radius 2 is 1.88 bits per heavy atom. The average Bonchev–Trinajstić information content (AvgIpc) is 3.00. The lowest BCUT2D eigenvalue weighted by Gasteiger charge is -2.40. The van der Waals surface area contributed by atoms with E-state index >= 15 is 0 Å². The van der Waals surface area contributed by atoms with Crippen LogP contribution in [0.25, 0.3) is 10.9 Å². The van der Waals surface area contributed by atoms with E-state index in [4.69, 9.17) is 4.74 Å². The summed E-state index contributed by atoms with van der Waals surface area (Å²) in [5, 5.41) is 17.6. The number of fused-ring (bicyclic) bond motifs is 3. The molecule has 8 heteroatoms. The van der Waals surface area contributed by atoms with Crippen LogP contribution in [0.5, 0.6) is 5.75 Å². The van der Waals surface area contributed by atoms with E-state index in [9.17, 15) is 14.7 Å². The molecule has 0 saturated carbocycles. The zero-order chi connectivity index (χ0) is 23.7.